The summed E-state index contributed by atoms with van der Waals surface area (Å²) in [6.07, 6.45) is 10.4. The number of thioether (sulfide) groups is 1. The average Bonchev–Trinajstić information content (AvgIpc) is 2.96. The zero-order valence-electron chi connectivity index (χ0n) is 22.9. The Hall–Kier alpha value is -3.78. The maximum Gasteiger partial charge on any atom is 0.335 e. The van der Waals surface area contributed by atoms with Gasteiger partial charge in [-0.25, -0.2) is 14.6 Å². The monoisotopic (exact) mass is 563 g/mol. The van der Waals surface area contributed by atoms with Crippen molar-refractivity contribution in [1.82, 2.24) is 4.98 Å². The molecule has 0 saturated carbocycles. The number of aryl methyl sites for hydroxylation is 1. The molecule has 212 valence electrons. The number of methoxy groups -OCH3 is 1. The van der Waals surface area contributed by atoms with Crippen LogP contribution < -0.4 is 9.47 Å². The Morgan fingerprint density at radius 2 is 1.50 bits per heavy atom. The molecule has 8 heteroatoms. The number of hydrogen-bond donors (Lipinski definition) is 2. The van der Waals surface area contributed by atoms with E-state index < -0.39 is 11.9 Å². The standard InChI is InChI=1S/C32H37NO6S/c1-38-28-16-11-24(12-17-28)8-6-4-2-3-5-7-21-39-30-19-15-27(33-29(30)18-20-31(34)35)23-40-22-25-9-13-26(14-10-25)32(36)37/h9-20H,2-8,21-23H2,1H3,(H,34,35)(H,36,37)/b20-18+. The Labute approximate surface area is 240 Å². The number of unbranched alkanes of at least 4 members (excludes halogenated alkanes) is 5. The summed E-state index contributed by atoms with van der Waals surface area (Å²) >= 11 is 1.65. The number of hydrogen-bond acceptors (Lipinski definition) is 6. The van der Waals surface area contributed by atoms with E-state index in [1.807, 2.05) is 36.4 Å². The zero-order valence-corrected chi connectivity index (χ0v) is 23.7. The molecule has 0 aliphatic rings. The maximum absolute atomic E-state index is 11.1. The Bertz CT molecular complexity index is 1240. The van der Waals surface area contributed by atoms with Crippen molar-refractivity contribution >= 4 is 29.8 Å². The second kappa shape index (κ2) is 17.0. The van der Waals surface area contributed by atoms with Crippen molar-refractivity contribution < 1.29 is 29.3 Å². The fourth-order valence-electron chi connectivity index (χ4n) is 4.11. The van der Waals surface area contributed by atoms with Crippen LogP contribution in [0.1, 0.15) is 71.4 Å². The minimum atomic E-state index is -1.04. The van der Waals surface area contributed by atoms with Crippen LogP contribution in [0, 0.1) is 0 Å². The number of carbonyl (C=O) groups is 2. The van der Waals surface area contributed by atoms with Gasteiger partial charge < -0.3 is 19.7 Å². The molecule has 0 unspecified atom stereocenters. The number of aromatic nitrogens is 1. The van der Waals surface area contributed by atoms with E-state index in [0.717, 1.165) is 48.8 Å². The van der Waals surface area contributed by atoms with Crippen LogP contribution in [0.25, 0.3) is 6.08 Å². The highest BCUT2D eigenvalue weighted by atomic mass is 32.2. The van der Waals surface area contributed by atoms with Crippen molar-refractivity contribution in [2.24, 2.45) is 0 Å². The molecule has 1 heterocycles. The largest absolute Gasteiger partial charge is 0.497 e. The topological polar surface area (TPSA) is 106 Å². The number of carboxylic acids is 2. The third-order valence-corrected chi connectivity index (χ3v) is 7.36. The number of pyridine rings is 1. The van der Waals surface area contributed by atoms with Gasteiger partial charge in [0.1, 0.15) is 17.2 Å². The summed E-state index contributed by atoms with van der Waals surface area (Å²) in [5, 5.41) is 18.1. The molecule has 0 spiro atoms. The molecule has 7 nitrogen and oxygen atoms in total. The number of carboxylic acid groups (broad SMARTS) is 2. The summed E-state index contributed by atoms with van der Waals surface area (Å²) in [6, 6.07) is 18.8. The Morgan fingerprint density at radius 1 is 0.825 bits per heavy atom. The molecule has 3 aromatic rings. The van der Waals surface area contributed by atoms with Gasteiger partial charge >= 0.3 is 11.9 Å². The van der Waals surface area contributed by atoms with Crippen LogP contribution in [0.3, 0.4) is 0 Å². The third kappa shape index (κ3) is 11.1. The lowest BCUT2D eigenvalue weighted by Gasteiger charge is -2.11. The van der Waals surface area contributed by atoms with Gasteiger partial charge in [-0.15, -0.1) is 0 Å². The molecule has 40 heavy (non-hydrogen) atoms. The minimum Gasteiger partial charge on any atom is -0.497 e. The van der Waals surface area contributed by atoms with Gasteiger partial charge in [0.05, 0.1) is 25.0 Å². The first-order valence-corrected chi connectivity index (χ1v) is 14.7. The van der Waals surface area contributed by atoms with Crippen LogP contribution in [0.5, 0.6) is 11.5 Å². The van der Waals surface area contributed by atoms with Gasteiger partial charge in [-0.2, -0.15) is 11.8 Å². The van der Waals surface area contributed by atoms with Gasteiger partial charge in [-0.1, -0.05) is 49.9 Å². The SMILES string of the molecule is COc1ccc(CCCCCCCCOc2ccc(CSCc3ccc(C(=O)O)cc3)nc2/C=C/C(=O)O)cc1. The van der Waals surface area contributed by atoms with Crippen LogP contribution in [-0.4, -0.2) is 40.9 Å². The van der Waals surface area contributed by atoms with E-state index in [9.17, 15) is 9.59 Å². The molecule has 0 saturated heterocycles. The predicted octanol–water partition coefficient (Wildman–Crippen LogP) is 7.28. The van der Waals surface area contributed by atoms with E-state index in [2.05, 4.69) is 17.1 Å². The first kappa shape index (κ1) is 30.8. The second-order valence-corrected chi connectivity index (χ2v) is 10.4. The van der Waals surface area contributed by atoms with Crippen LogP contribution in [0.2, 0.25) is 0 Å². The molecule has 2 N–H and O–H groups in total. The third-order valence-electron chi connectivity index (χ3n) is 6.32. The summed E-state index contributed by atoms with van der Waals surface area (Å²) < 4.78 is 11.2. The Morgan fingerprint density at radius 3 is 2.17 bits per heavy atom. The molecular weight excluding hydrogens is 526 g/mol. The normalized spacial score (nSPS) is 11.0. The lowest BCUT2D eigenvalue weighted by molar-refractivity contribution is -0.131. The first-order valence-electron chi connectivity index (χ1n) is 13.5. The molecule has 0 aliphatic heterocycles. The average molecular weight is 564 g/mol. The van der Waals surface area contributed by atoms with Crippen molar-refractivity contribution in [2.75, 3.05) is 13.7 Å². The number of rotatable bonds is 18. The highest BCUT2D eigenvalue weighted by Crippen LogP contribution is 2.23. The molecule has 0 atom stereocenters. The summed E-state index contributed by atoms with van der Waals surface area (Å²) in [5.41, 5.74) is 3.95. The molecule has 0 aliphatic carbocycles. The summed E-state index contributed by atoms with van der Waals surface area (Å²) in [5.74, 6) is 0.832. The second-order valence-electron chi connectivity index (χ2n) is 9.42. The number of aromatic carboxylic acids is 1. The predicted molar refractivity (Wildman–Crippen MR) is 159 cm³/mol. The van der Waals surface area contributed by atoms with Crippen molar-refractivity contribution in [3.05, 3.63) is 94.8 Å². The molecule has 0 amide bonds. The number of benzene rings is 2. The van der Waals surface area contributed by atoms with E-state index in [1.165, 1.54) is 30.9 Å². The molecule has 0 fully saturated rings. The van der Waals surface area contributed by atoms with Crippen LogP contribution in [0.4, 0.5) is 0 Å². The summed E-state index contributed by atoms with van der Waals surface area (Å²) in [7, 11) is 1.68. The fourth-order valence-corrected chi connectivity index (χ4v) is 5.01. The fraction of sp³-hybridized carbons (Fsp3) is 0.344. The van der Waals surface area contributed by atoms with Crippen molar-refractivity contribution in [2.45, 2.75) is 56.5 Å². The van der Waals surface area contributed by atoms with E-state index in [0.29, 0.717) is 29.6 Å². The van der Waals surface area contributed by atoms with Crippen molar-refractivity contribution in [3.63, 3.8) is 0 Å². The molecule has 0 radical (unpaired) electrons. The smallest absolute Gasteiger partial charge is 0.335 e. The van der Waals surface area contributed by atoms with E-state index >= 15 is 0 Å². The number of nitrogens with zero attached hydrogens (tertiary/aromatic N) is 1. The first-order chi connectivity index (χ1) is 19.4. The lowest BCUT2D eigenvalue weighted by atomic mass is 10.0. The minimum absolute atomic E-state index is 0.265. The summed E-state index contributed by atoms with van der Waals surface area (Å²) in [4.78, 5) is 26.7. The molecule has 0 bridgehead atoms. The summed E-state index contributed by atoms with van der Waals surface area (Å²) in [6.45, 7) is 0.557. The number of ether oxygens (including phenoxy) is 2. The molecular formula is C32H37NO6S. The molecule has 2 aromatic carbocycles. The Kier molecular flexibility index (Phi) is 13.1. The van der Waals surface area contributed by atoms with E-state index in [1.54, 1.807) is 31.0 Å². The van der Waals surface area contributed by atoms with Gasteiger partial charge in [0.25, 0.3) is 0 Å². The zero-order chi connectivity index (χ0) is 28.6. The van der Waals surface area contributed by atoms with Crippen LogP contribution in [0.15, 0.2) is 66.7 Å². The van der Waals surface area contributed by atoms with Crippen molar-refractivity contribution in [3.8, 4) is 11.5 Å². The van der Waals surface area contributed by atoms with Crippen molar-refractivity contribution in [1.29, 1.82) is 0 Å². The maximum atomic E-state index is 11.1. The van der Waals surface area contributed by atoms with Gasteiger partial charge in [0.15, 0.2) is 0 Å². The van der Waals surface area contributed by atoms with Crippen LogP contribution >= 0.6 is 11.8 Å². The lowest BCUT2D eigenvalue weighted by Crippen LogP contribution is -2.02. The Balaban J connectivity index is 1.38. The van der Waals surface area contributed by atoms with Gasteiger partial charge in [0, 0.05) is 17.6 Å². The van der Waals surface area contributed by atoms with Gasteiger partial charge in [-0.05, 0) is 72.9 Å². The quantitative estimate of drug-likeness (QED) is 0.123. The van der Waals surface area contributed by atoms with E-state index in [4.69, 9.17) is 19.7 Å². The van der Waals surface area contributed by atoms with Crippen LogP contribution in [-0.2, 0) is 22.7 Å². The highest BCUT2D eigenvalue weighted by Gasteiger charge is 2.07. The van der Waals surface area contributed by atoms with Gasteiger partial charge in [0.2, 0.25) is 0 Å². The van der Waals surface area contributed by atoms with Gasteiger partial charge in [-0.3, -0.25) is 0 Å². The highest BCUT2D eigenvalue weighted by molar-refractivity contribution is 7.97. The van der Waals surface area contributed by atoms with E-state index in [-0.39, 0.29) is 5.56 Å². The molecule has 1 aromatic heterocycles. The number of aliphatic carboxylic acids is 1. The molecule has 3 rings (SSSR count).